The Morgan fingerprint density at radius 2 is 2.11 bits per heavy atom. The van der Waals surface area contributed by atoms with Crippen LogP contribution in [0.2, 0.25) is 0 Å². The molecule has 0 aromatic rings. The summed E-state index contributed by atoms with van der Waals surface area (Å²) in [5, 5.41) is 8.27. The molecule has 5 nitrogen and oxygen atoms in total. The normalized spacial score (nSPS) is 34.6. The molecule has 1 fully saturated rings. The molecule has 1 saturated heterocycles. The monoisotopic (exact) mass is 154 g/mol. The number of aliphatic hydroxyl groups is 1. The highest BCUT2D eigenvalue weighted by Crippen LogP contribution is 2.52. The molecule has 1 rings (SSSR count). The predicted octanol–water partition coefficient (Wildman–Crippen LogP) is -1.12. The fraction of sp³-hybridized carbons (Fsp3) is 1.00. The second-order valence-electron chi connectivity index (χ2n) is 1.84. The van der Waals surface area contributed by atoms with Gasteiger partial charge in [0, 0.05) is 0 Å². The summed E-state index contributed by atoms with van der Waals surface area (Å²) in [7, 11) is -4.08. The van der Waals surface area contributed by atoms with Gasteiger partial charge in [-0.2, -0.15) is 0 Å². The molecule has 1 aliphatic rings. The van der Waals surface area contributed by atoms with Gasteiger partial charge in [-0.25, -0.2) is 0 Å². The third kappa shape index (κ3) is 1.50. The lowest BCUT2D eigenvalue weighted by atomic mass is 10.5. The third-order valence-electron chi connectivity index (χ3n) is 1.07. The Balaban J connectivity index is 2.43. The quantitative estimate of drug-likeness (QED) is 0.346. The summed E-state index contributed by atoms with van der Waals surface area (Å²) in [6, 6.07) is 0. The first-order valence-electron chi connectivity index (χ1n) is 2.37. The molecule has 6 heteroatoms. The van der Waals surface area contributed by atoms with Crippen LogP contribution in [0, 0.1) is 0 Å². The van der Waals surface area contributed by atoms with Crippen molar-refractivity contribution in [3.63, 3.8) is 0 Å². The summed E-state index contributed by atoms with van der Waals surface area (Å²) in [6.45, 7) is -0.324. The van der Waals surface area contributed by atoms with Crippen LogP contribution in [0.1, 0.15) is 0 Å². The maximum atomic E-state index is 10.2. The largest absolute Gasteiger partial charge is 0.394 e. The lowest BCUT2D eigenvalue weighted by molar-refractivity contribution is 0.242. The van der Waals surface area contributed by atoms with E-state index < -0.39 is 19.5 Å². The molecule has 1 heterocycles. The van der Waals surface area contributed by atoms with E-state index in [1.165, 1.54) is 0 Å². The Morgan fingerprint density at radius 1 is 1.56 bits per heavy atom. The van der Waals surface area contributed by atoms with Crippen molar-refractivity contribution in [1.29, 1.82) is 0 Å². The molecular weight excluding hydrogens is 147 g/mol. The molecule has 9 heavy (non-hydrogen) atoms. The van der Waals surface area contributed by atoms with Crippen molar-refractivity contribution in [2.45, 2.75) is 11.9 Å². The Morgan fingerprint density at radius 3 is 2.22 bits per heavy atom. The minimum atomic E-state index is -4.08. The number of ether oxygens (including phenoxy) is 1. The van der Waals surface area contributed by atoms with Crippen LogP contribution < -0.4 is 0 Å². The van der Waals surface area contributed by atoms with Crippen molar-refractivity contribution >= 4 is 7.60 Å². The second kappa shape index (κ2) is 2.04. The van der Waals surface area contributed by atoms with Crippen LogP contribution >= 0.6 is 7.60 Å². The van der Waals surface area contributed by atoms with Crippen LogP contribution in [-0.4, -0.2) is 33.4 Å². The summed E-state index contributed by atoms with van der Waals surface area (Å²) in [5.74, 6) is -1.05. The molecule has 0 spiro atoms. The number of hydrogen-bond acceptors (Lipinski definition) is 3. The summed E-state index contributed by atoms with van der Waals surface area (Å²) in [4.78, 5) is 16.7. The highest BCUT2D eigenvalue weighted by Gasteiger charge is 2.51. The first-order chi connectivity index (χ1) is 4.05. The second-order valence-corrected chi connectivity index (χ2v) is 3.52. The van der Waals surface area contributed by atoms with Crippen molar-refractivity contribution in [1.82, 2.24) is 0 Å². The Kier molecular flexibility index (Phi) is 1.63. The molecule has 0 aliphatic carbocycles. The van der Waals surface area contributed by atoms with E-state index in [0.717, 1.165) is 0 Å². The van der Waals surface area contributed by atoms with Gasteiger partial charge in [-0.1, -0.05) is 0 Å². The van der Waals surface area contributed by atoms with Crippen LogP contribution in [0.4, 0.5) is 0 Å². The molecule has 54 valence electrons. The smallest absolute Gasteiger partial charge is 0.356 e. The molecular formula is C3H7O5P. The van der Waals surface area contributed by atoms with Crippen molar-refractivity contribution in [3.8, 4) is 0 Å². The van der Waals surface area contributed by atoms with Gasteiger partial charge in [0.05, 0.1) is 6.61 Å². The van der Waals surface area contributed by atoms with Crippen molar-refractivity contribution in [3.05, 3.63) is 0 Å². The standard InChI is InChI=1S/C3H7O5P/c4-1-2-3(8-2)9(5,6)7/h2-4H,1H2,(H2,5,6,7)/t2-,3-/m1/s1. The van der Waals surface area contributed by atoms with Gasteiger partial charge >= 0.3 is 7.60 Å². The average Bonchev–Trinajstić information content (AvgIpc) is 2.39. The van der Waals surface area contributed by atoms with Crippen molar-refractivity contribution in [2.24, 2.45) is 0 Å². The Labute approximate surface area is 51.4 Å². The van der Waals surface area contributed by atoms with E-state index in [-0.39, 0.29) is 6.61 Å². The van der Waals surface area contributed by atoms with Crippen LogP contribution in [0.5, 0.6) is 0 Å². The van der Waals surface area contributed by atoms with Crippen LogP contribution in [-0.2, 0) is 9.30 Å². The minimum Gasteiger partial charge on any atom is -0.394 e. The number of rotatable bonds is 2. The van der Waals surface area contributed by atoms with Gasteiger partial charge in [0.15, 0.2) is 5.85 Å². The van der Waals surface area contributed by atoms with E-state index in [1.807, 2.05) is 0 Å². The Hall–Kier alpha value is 0.0700. The van der Waals surface area contributed by atoms with Gasteiger partial charge in [0.2, 0.25) is 0 Å². The third-order valence-corrected chi connectivity index (χ3v) is 2.18. The topological polar surface area (TPSA) is 90.3 Å². The van der Waals surface area contributed by atoms with Crippen LogP contribution in [0.15, 0.2) is 0 Å². The highest BCUT2D eigenvalue weighted by atomic mass is 31.2. The van der Waals surface area contributed by atoms with E-state index >= 15 is 0 Å². The lowest BCUT2D eigenvalue weighted by Crippen LogP contribution is -1.98. The minimum absolute atomic E-state index is 0.324. The first-order valence-corrected chi connectivity index (χ1v) is 4.05. The molecule has 0 unspecified atom stereocenters. The maximum absolute atomic E-state index is 10.2. The maximum Gasteiger partial charge on any atom is 0.356 e. The Bertz CT molecular complexity index is 150. The van der Waals surface area contributed by atoms with Gasteiger partial charge in [-0.3, -0.25) is 4.57 Å². The van der Waals surface area contributed by atoms with Crippen molar-refractivity contribution < 1.29 is 24.2 Å². The summed E-state index contributed by atoms with van der Waals surface area (Å²) in [5.41, 5.74) is 0. The molecule has 0 amide bonds. The zero-order valence-corrected chi connectivity index (χ0v) is 5.36. The fourth-order valence-corrected chi connectivity index (χ4v) is 1.41. The zero-order chi connectivity index (χ0) is 7.07. The number of hydrogen-bond donors (Lipinski definition) is 3. The van der Waals surface area contributed by atoms with E-state index in [1.54, 1.807) is 0 Å². The SMILES string of the molecule is O=P(O)(O)[C@H]1O[C@@H]1CO. The van der Waals surface area contributed by atoms with Gasteiger partial charge < -0.3 is 19.6 Å². The zero-order valence-electron chi connectivity index (χ0n) is 4.47. The summed E-state index contributed by atoms with van der Waals surface area (Å²) in [6.07, 6.45) is -0.647. The van der Waals surface area contributed by atoms with Gasteiger partial charge in [0.1, 0.15) is 6.10 Å². The molecule has 0 aromatic carbocycles. The molecule has 0 aromatic heterocycles. The van der Waals surface area contributed by atoms with Crippen LogP contribution in [0.25, 0.3) is 0 Å². The highest BCUT2D eigenvalue weighted by molar-refractivity contribution is 7.52. The van der Waals surface area contributed by atoms with E-state index in [2.05, 4.69) is 4.74 Å². The summed E-state index contributed by atoms with van der Waals surface area (Å²) < 4.78 is 14.6. The molecule has 0 radical (unpaired) electrons. The summed E-state index contributed by atoms with van der Waals surface area (Å²) >= 11 is 0. The van der Waals surface area contributed by atoms with Gasteiger partial charge in [-0.05, 0) is 0 Å². The number of epoxide rings is 1. The van der Waals surface area contributed by atoms with E-state index in [0.29, 0.717) is 0 Å². The first kappa shape index (κ1) is 7.18. The fourth-order valence-electron chi connectivity index (χ4n) is 0.563. The number of aliphatic hydroxyl groups excluding tert-OH is 1. The average molecular weight is 154 g/mol. The molecule has 1 aliphatic heterocycles. The van der Waals surface area contributed by atoms with Crippen LogP contribution in [0.3, 0.4) is 0 Å². The molecule has 0 bridgehead atoms. The van der Waals surface area contributed by atoms with Gasteiger partial charge in [-0.15, -0.1) is 0 Å². The van der Waals surface area contributed by atoms with Gasteiger partial charge in [0.25, 0.3) is 0 Å². The van der Waals surface area contributed by atoms with E-state index in [4.69, 9.17) is 14.9 Å². The molecule has 0 saturated carbocycles. The lowest BCUT2D eigenvalue weighted by Gasteiger charge is -1.94. The molecule has 3 N–H and O–H groups in total. The predicted molar refractivity (Wildman–Crippen MR) is 27.8 cm³/mol. The van der Waals surface area contributed by atoms with Crippen molar-refractivity contribution in [2.75, 3.05) is 6.61 Å². The molecule has 2 atom stereocenters. The van der Waals surface area contributed by atoms with E-state index in [9.17, 15) is 4.57 Å².